The monoisotopic (exact) mass is 304 g/mol. The number of fused-ring (bicyclic) bond motifs is 1. The van der Waals surface area contributed by atoms with E-state index in [1.54, 1.807) is 11.8 Å². The van der Waals surface area contributed by atoms with Crippen LogP contribution in [0.3, 0.4) is 0 Å². The summed E-state index contributed by atoms with van der Waals surface area (Å²) < 4.78 is 28.8. The molecule has 19 heavy (non-hydrogen) atoms. The van der Waals surface area contributed by atoms with Crippen molar-refractivity contribution in [3.63, 3.8) is 0 Å². The molecule has 0 aliphatic rings. The minimum Gasteiger partial charge on any atom is -0.327 e. The minimum atomic E-state index is -0.635. The van der Waals surface area contributed by atoms with Crippen LogP contribution in [0.5, 0.6) is 0 Å². The van der Waals surface area contributed by atoms with Crippen LogP contribution in [0, 0.1) is 11.6 Å². The molecule has 1 aromatic carbocycles. The second kappa shape index (κ2) is 6.57. The molecule has 0 saturated carbocycles. The first-order valence-electron chi connectivity index (χ1n) is 6.06. The number of benzene rings is 1. The molecular formula is C13H15ClF2N2S. The van der Waals surface area contributed by atoms with Crippen molar-refractivity contribution in [2.45, 2.75) is 25.3 Å². The Labute approximate surface area is 120 Å². The van der Waals surface area contributed by atoms with E-state index in [1.165, 1.54) is 6.07 Å². The second-order valence-corrected chi connectivity index (χ2v) is 5.52. The number of nitrogens with zero attached hydrogens (tertiary/aromatic N) is 2. The van der Waals surface area contributed by atoms with Gasteiger partial charge >= 0.3 is 0 Å². The summed E-state index contributed by atoms with van der Waals surface area (Å²) >= 11 is 7.62. The van der Waals surface area contributed by atoms with E-state index < -0.39 is 11.6 Å². The van der Waals surface area contributed by atoms with Crippen molar-refractivity contribution in [1.82, 2.24) is 9.55 Å². The highest BCUT2D eigenvalue weighted by Gasteiger charge is 2.14. The van der Waals surface area contributed by atoms with Crippen LogP contribution in [0.2, 0.25) is 0 Å². The molecule has 0 aliphatic carbocycles. The fourth-order valence-electron chi connectivity index (χ4n) is 2.07. The van der Waals surface area contributed by atoms with Gasteiger partial charge in [0.1, 0.15) is 17.2 Å². The van der Waals surface area contributed by atoms with Crippen LogP contribution in [0.4, 0.5) is 8.78 Å². The zero-order chi connectivity index (χ0) is 13.8. The smallest absolute Gasteiger partial charge is 0.153 e. The van der Waals surface area contributed by atoms with E-state index in [1.807, 2.05) is 4.57 Å². The third kappa shape index (κ3) is 3.20. The van der Waals surface area contributed by atoms with Crippen molar-refractivity contribution in [1.29, 1.82) is 0 Å². The highest BCUT2D eigenvalue weighted by Crippen LogP contribution is 2.22. The molecular weight excluding hydrogens is 290 g/mol. The van der Waals surface area contributed by atoms with Crippen LogP contribution in [0.15, 0.2) is 12.1 Å². The van der Waals surface area contributed by atoms with Gasteiger partial charge in [0.2, 0.25) is 0 Å². The van der Waals surface area contributed by atoms with Crippen LogP contribution >= 0.6 is 23.4 Å². The Morgan fingerprint density at radius 2 is 2.11 bits per heavy atom. The SMILES string of the molecule is CSCCCCn1c(CCl)nc2c(F)cc(F)cc21. The number of unbranched alkanes of at least 4 members (excludes halogenated alkanes) is 1. The molecule has 1 heterocycles. The molecule has 6 heteroatoms. The van der Waals surface area contributed by atoms with E-state index in [4.69, 9.17) is 11.6 Å². The molecule has 104 valence electrons. The lowest BCUT2D eigenvalue weighted by Crippen LogP contribution is -2.03. The highest BCUT2D eigenvalue weighted by atomic mass is 35.5. The number of hydrogen-bond donors (Lipinski definition) is 0. The predicted octanol–water partition coefficient (Wildman–Crippen LogP) is 4.20. The number of alkyl halides is 1. The van der Waals surface area contributed by atoms with Gasteiger partial charge in [-0.25, -0.2) is 13.8 Å². The van der Waals surface area contributed by atoms with Gasteiger partial charge in [-0.3, -0.25) is 0 Å². The third-order valence-corrected chi connectivity index (χ3v) is 3.89. The lowest BCUT2D eigenvalue weighted by molar-refractivity contribution is 0.588. The Hall–Kier alpha value is -0.810. The molecule has 1 aromatic heterocycles. The molecule has 2 rings (SSSR count). The molecule has 0 unspecified atom stereocenters. The van der Waals surface area contributed by atoms with Gasteiger partial charge in [-0.15, -0.1) is 11.6 Å². The largest absolute Gasteiger partial charge is 0.327 e. The first kappa shape index (κ1) is 14.6. The summed E-state index contributed by atoms with van der Waals surface area (Å²) in [6.45, 7) is 0.683. The summed E-state index contributed by atoms with van der Waals surface area (Å²) in [7, 11) is 0. The zero-order valence-corrected chi connectivity index (χ0v) is 12.2. The molecule has 0 spiro atoms. The molecule has 0 N–H and O–H groups in total. The number of aromatic nitrogens is 2. The second-order valence-electron chi connectivity index (χ2n) is 4.27. The number of halogens is 3. The zero-order valence-electron chi connectivity index (χ0n) is 10.6. The average Bonchev–Trinajstić information content (AvgIpc) is 2.73. The summed E-state index contributed by atoms with van der Waals surface area (Å²) in [5.74, 6) is 0.634. The molecule has 0 radical (unpaired) electrons. The van der Waals surface area contributed by atoms with Crippen LogP contribution in [-0.2, 0) is 12.4 Å². The molecule has 0 saturated heterocycles. The number of rotatable bonds is 6. The van der Waals surface area contributed by atoms with Crippen molar-refractivity contribution in [2.75, 3.05) is 12.0 Å². The van der Waals surface area contributed by atoms with Crippen molar-refractivity contribution < 1.29 is 8.78 Å². The number of aryl methyl sites for hydroxylation is 1. The Balaban J connectivity index is 2.34. The van der Waals surface area contributed by atoms with E-state index in [-0.39, 0.29) is 11.4 Å². The van der Waals surface area contributed by atoms with Gasteiger partial charge in [0, 0.05) is 12.6 Å². The fraction of sp³-hybridized carbons (Fsp3) is 0.462. The van der Waals surface area contributed by atoms with E-state index >= 15 is 0 Å². The molecule has 0 aliphatic heterocycles. The Bertz CT molecular complexity index is 571. The third-order valence-electron chi connectivity index (χ3n) is 2.95. The number of hydrogen-bond acceptors (Lipinski definition) is 2. The maximum absolute atomic E-state index is 13.7. The number of imidazole rings is 1. The molecule has 0 fully saturated rings. The minimum absolute atomic E-state index is 0.193. The molecule has 2 aromatic rings. The summed E-state index contributed by atoms with van der Waals surface area (Å²) in [6.07, 6.45) is 4.05. The molecule has 0 amide bonds. The van der Waals surface area contributed by atoms with Crippen LogP contribution in [-0.4, -0.2) is 21.6 Å². The lowest BCUT2D eigenvalue weighted by Gasteiger charge is -2.07. The standard InChI is InChI=1S/C13H15ClF2N2S/c1-19-5-3-2-4-18-11-7-9(15)6-10(16)13(11)17-12(18)8-14/h6-7H,2-5,8H2,1H3. The first-order chi connectivity index (χ1) is 9.17. The maximum atomic E-state index is 13.7. The van der Waals surface area contributed by atoms with Crippen molar-refractivity contribution in [3.8, 4) is 0 Å². The lowest BCUT2D eigenvalue weighted by atomic mass is 10.2. The number of thioether (sulfide) groups is 1. The summed E-state index contributed by atoms with van der Waals surface area (Å²) in [4.78, 5) is 4.15. The van der Waals surface area contributed by atoms with E-state index in [0.717, 1.165) is 24.7 Å². The Morgan fingerprint density at radius 1 is 1.32 bits per heavy atom. The predicted molar refractivity (Wildman–Crippen MR) is 76.8 cm³/mol. The normalized spacial score (nSPS) is 11.4. The van der Waals surface area contributed by atoms with Crippen LogP contribution in [0.25, 0.3) is 11.0 Å². The molecule has 0 atom stereocenters. The van der Waals surface area contributed by atoms with E-state index in [0.29, 0.717) is 17.9 Å². The fourth-order valence-corrected chi connectivity index (χ4v) is 2.76. The quantitative estimate of drug-likeness (QED) is 0.588. The van der Waals surface area contributed by atoms with Crippen LogP contribution < -0.4 is 0 Å². The Kier molecular flexibility index (Phi) is 5.05. The maximum Gasteiger partial charge on any atom is 0.153 e. The topological polar surface area (TPSA) is 17.8 Å². The highest BCUT2D eigenvalue weighted by molar-refractivity contribution is 7.98. The van der Waals surface area contributed by atoms with E-state index in [2.05, 4.69) is 11.2 Å². The molecule has 2 nitrogen and oxygen atoms in total. The first-order valence-corrected chi connectivity index (χ1v) is 7.99. The van der Waals surface area contributed by atoms with Gasteiger partial charge in [-0.05, 0) is 30.9 Å². The van der Waals surface area contributed by atoms with Gasteiger partial charge in [0.05, 0.1) is 11.4 Å². The van der Waals surface area contributed by atoms with Gasteiger partial charge in [0.15, 0.2) is 5.82 Å². The van der Waals surface area contributed by atoms with Crippen molar-refractivity contribution in [2.24, 2.45) is 0 Å². The summed E-state index contributed by atoms with van der Waals surface area (Å²) in [6, 6.07) is 2.17. The van der Waals surface area contributed by atoms with Gasteiger partial charge < -0.3 is 4.57 Å². The van der Waals surface area contributed by atoms with Gasteiger partial charge in [0.25, 0.3) is 0 Å². The Morgan fingerprint density at radius 3 is 2.79 bits per heavy atom. The van der Waals surface area contributed by atoms with Crippen molar-refractivity contribution in [3.05, 3.63) is 29.6 Å². The van der Waals surface area contributed by atoms with Crippen LogP contribution in [0.1, 0.15) is 18.7 Å². The average molecular weight is 305 g/mol. The molecule has 0 bridgehead atoms. The van der Waals surface area contributed by atoms with Gasteiger partial charge in [-0.2, -0.15) is 11.8 Å². The summed E-state index contributed by atoms with van der Waals surface area (Å²) in [5, 5.41) is 0. The summed E-state index contributed by atoms with van der Waals surface area (Å²) in [5.41, 5.74) is 0.680. The van der Waals surface area contributed by atoms with Crippen molar-refractivity contribution >= 4 is 34.4 Å². The van der Waals surface area contributed by atoms with Gasteiger partial charge in [-0.1, -0.05) is 0 Å². The van der Waals surface area contributed by atoms with E-state index in [9.17, 15) is 8.78 Å².